The summed E-state index contributed by atoms with van der Waals surface area (Å²) < 4.78 is 24.0. The van der Waals surface area contributed by atoms with Crippen molar-refractivity contribution < 1.29 is 28.2 Å². The Kier molecular flexibility index (Phi) is 9.29. The fourth-order valence-electron chi connectivity index (χ4n) is 3.67. The van der Waals surface area contributed by atoms with Gasteiger partial charge < -0.3 is 9.47 Å². The summed E-state index contributed by atoms with van der Waals surface area (Å²) in [5.41, 5.74) is 2.39. The van der Waals surface area contributed by atoms with Gasteiger partial charge in [-0.05, 0) is 85.5 Å². The molecule has 194 valence electrons. The first-order valence-electron chi connectivity index (χ1n) is 11.5. The number of esters is 1. The average molecular weight is 546 g/mol. The first-order chi connectivity index (χ1) is 17.5. The Labute approximate surface area is 224 Å². The normalized spacial score (nSPS) is 10.8. The van der Waals surface area contributed by atoms with Crippen molar-refractivity contribution in [3.05, 3.63) is 92.7 Å². The summed E-state index contributed by atoms with van der Waals surface area (Å²) in [5.74, 6) is -1.21. The Morgan fingerprint density at radius 2 is 1.59 bits per heavy atom. The lowest BCUT2D eigenvalue weighted by Crippen LogP contribution is -2.29. The number of halogens is 3. The molecular formula is C28H26Cl2FNO5. The number of ketones is 1. The number of hydrogen-bond donors (Lipinski definition) is 0. The van der Waals surface area contributed by atoms with Crippen LogP contribution in [0.25, 0.3) is 0 Å². The first-order valence-corrected chi connectivity index (χ1v) is 12.2. The van der Waals surface area contributed by atoms with E-state index in [-0.39, 0.29) is 34.4 Å². The molecule has 0 N–H and O–H groups in total. The maximum Gasteiger partial charge on any atom is 0.421 e. The second kappa shape index (κ2) is 12.2. The summed E-state index contributed by atoms with van der Waals surface area (Å²) in [6.45, 7) is 6.52. The van der Waals surface area contributed by atoms with E-state index >= 15 is 0 Å². The molecule has 0 fully saturated rings. The Hall–Kier alpha value is -3.42. The van der Waals surface area contributed by atoms with Crippen molar-refractivity contribution in [1.29, 1.82) is 0 Å². The second-order valence-electron chi connectivity index (χ2n) is 8.86. The van der Waals surface area contributed by atoms with Crippen molar-refractivity contribution in [1.82, 2.24) is 0 Å². The lowest BCUT2D eigenvalue weighted by atomic mass is 9.98. The molecule has 0 atom stereocenters. The maximum absolute atomic E-state index is 13.8. The molecule has 0 saturated carbocycles. The van der Waals surface area contributed by atoms with Crippen LogP contribution in [0.1, 0.15) is 47.3 Å². The Balaban J connectivity index is 1.93. The Morgan fingerprint density at radius 3 is 2.22 bits per heavy atom. The quantitative estimate of drug-likeness (QED) is 0.164. The SMILES string of the molecule is Cc1cc(Cl)ccc1C(=O)c1ccc(N(C(=O)OCOC(=O)CC(C)C)c2ccc(F)cc2C)cc1Cl. The zero-order valence-electron chi connectivity index (χ0n) is 20.8. The number of ether oxygens (including phenoxy) is 2. The van der Waals surface area contributed by atoms with Crippen molar-refractivity contribution >= 4 is 52.4 Å². The monoisotopic (exact) mass is 545 g/mol. The van der Waals surface area contributed by atoms with Gasteiger partial charge in [-0.3, -0.25) is 9.59 Å². The van der Waals surface area contributed by atoms with Crippen molar-refractivity contribution in [2.45, 2.75) is 34.1 Å². The highest BCUT2D eigenvalue weighted by atomic mass is 35.5. The lowest BCUT2D eigenvalue weighted by molar-refractivity contribution is -0.152. The van der Waals surface area contributed by atoms with Crippen LogP contribution in [0.5, 0.6) is 0 Å². The molecule has 3 aromatic carbocycles. The molecule has 0 aromatic heterocycles. The van der Waals surface area contributed by atoms with Gasteiger partial charge in [0, 0.05) is 22.6 Å². The molecule has 0 aliphatic carbocycles. The fraction of sp³-hybridized carbons (Fsp3) is 0.250. The van der Waals surface area contributed by atoms with Gasteiger partial charge in [0.2, 0.25) is 6.79 Å². The van der Waals surface area contributed by atoms with Gasteiger partial charge in [-0.1, -0.05) is 37.0 Å². The van der Waals surface area contributed by atoms with E-state index in [4.69, 9.17) is 32.7 Å². The molecule has 0 aliphatic rings. The third-order valence-corrected chi connectivity index (χ3v) is 6.00. The molecule has 3 rings (SSSR count). The first kappa shape index (κ1) is 28.2. The minimum absolute atomic E-state index is 0.0848. The molecule has 37 heavy (non-hydrogen) atoms. The molecule has 6 nitrogen and oxygen atoms in total. The number of hydrogen-bond acceptors (Lipinski definition) is 5. The zero-order valence-corrected chi connectivity index (χ0v) is 22.3. The number of anilines is 2. The van der Waals surface area contributed by atoms with Crippen LogP contribution in [-0.4, -0.2) is 24.6 Å². The van der Waals surface area contributed by atoms with E-state index in [0.29, 0.717) is 27.4 Å². The van der Waals surface area contributed by atoms with Crippen molar-refractivity contribution in [2.24, 2.45) is 5.92 Å². The molecule has 0 heterocycles. The van der Waals surface area contributed by atoms with Crippen LogP contribution >= 0.6 is 23.2 Å². The highest BCUT2D eigenvalue weighted by Crippen LogP contribution is 2.33. The van der Waals surface area contributed by atoms with Crippen molar-refractivity contribution in [2.75, 3.05) is 11.7 Å². The number of rotatable bonds is 8. The van der Waals surface area contributed by atoms with Crippen LogP contribution in [0.3, 0.4) is 0 Å². The van der Waals surface area contributed by atoms with E-state index in [9.17, 15) is 18.8 Å². The van der Waals surface area contributed by atoms with Crippen LogP contribution in [0.15, 0.2) is 54.6 Å². The van der Waals surface area contributed by atoms with Gasteiger partial charge in [0.1, 0.15) is 5.82 Å². The third-order valence-electron chi connectivity index (χ3n) is 5.45. The van der Waals surface area contributed by atoms with Gasteiger partial charge in [-0.2, -0.15) is 0 Å². The summed E-state index contributed by atoms with van der Waals surface area (Å²) >= 11 is 12.5. The van der Waals surface area contributed by atoms with E-state index in [1.807, 2.05) is 13.8 Å². The van der Waals surface area contributed by atoms with Gasteiger partial charge >= 0.3 is 12.1 Å². The van der Waals surface area contributed by atoms with Crippen LogP contribution < -0.4 is 4.90 Å². The van der Waals surface area contributed by atoms with Crippen molar-refractivity contribution in [3.8, 4) is 0 Å². The predicted octanol–water partition coefficient (Wildman–Crippen LogP) is 7.80. The summed E-state index contributed by atoms with van der Waals surface area (Å²) in [4.78, 5) is 39.2. The predicted molar refractivity (Wildman–Crippen MR) is 141 cm³/mol. The molecule has 3 aromatic rings. The molecule has 0 unspecified atom stereocenters. The highest BCUT2D eigenvalue weighted by molar-refractivity contribution is 6.35. The molecule has 0 spiro atoms. The van der Waals surface area contributed by atoms with E-state index in [1.165, 1.54) is 41.3 Å². The molecule has 9 heteroatoms. The number of benzene rings is 3. The summed E-state index contributed by atoms with van der Waals surface area (Å²) in [7, 11) is 0. The number of carbonyl (C=O) groups is 3. The lowest BCUT2D eigenvalue weighted by Gasteiger charge is -2.24. The highest BCUT2D eigenvalue weighted by Gasteiger charge is 2.24. The topological polar surface area (TPSA) is 72.9 Å². The largest absolute Gasteiger partial charge is 0.428 e. The van der Waals surface area contributed by atoms with Gasteiger partial charge in [0.25, 0.3) is 0 Å². The van der Waals surface area contributed by atoms with Crippen LogP contribution in [0.2, 0.25) is 10.0 Å². The van der Waals surface area contributed by atoms with Crippen LogP contribution in [0, 0.1) is 25.6 Å². The molecule has 0 radical (unpaired) electrons. The second-order valence-corrected chi connectivity index (χ2v) is 9.70. The standard InChI is InChI=1S/C28H26Cl2FNO5/c1-16(2)11-26(33)36-15-37-28(35)32(25-10-6-20(31)13-18(25)4)21-7-9-23(24(30)14-21)27(34)22-8-5-19(29)12-17(22)3/h5-10,12-14,16H,11,15H2,1-4H3. The molecule has 1 amide bonds. The average Bonchev–Trinajstić information content (AvgIpc) is 2.80. The van der Waals surface area contributed by atoms with Crippen molar-refractivity contribution in [3.63, 3.8) is 0 Å². The minimum atomic E-state index is -0.879. The van der Waals surface area contributed by atoms with Gasteiger partial charge in [0.15, 0.2) is 5.78 Å². The number of carbonyl (C=O) groups excluding carboxylic acids is 3. The maximum atomic E-state index is 13.8. The van der Waals surface area contributed by atoms with Gasteiger partial charge in [-0.15, -0.1) is 0 Å². The Bertz CT molecular complexity index is 1340. The van der Waals surface area contributed by atoms with Crippen LogP contribution in [-0.2, 0) is 14.3 Å². The van der Waals surface area contributed by atoms with E-state index < -0.39 is 24.7 Å². The fourth-order valence-corrected chi connectivity index (χ4v) is 4.16. The summed E-state index contributed by atoms with van der Waals surface area (Å²) in [6, 6.07) is 13.3. The number of aryl methyl sites for hydroxylation is 2. The van der Waals surface area contributed by atoms with E-state index in [1.54, 1.807) is 32.0 Å². The van der Waals surface area contributed by atoms with E-state index in [0.717, 1.165) is 0 Å². The molecule has 0 aliphatic heterocycles. The minimum Gasteiger partial charge on any atom is -0.428 e. The summed E-state index contributed by atoms with van der Waals surface area (Å²) in [6.07, 6.45) is -0.702. The van der Waals surface area contributed by atoms with Gasteiger partial charge in [-0.25, -0.2) is 14.1 Å². The van der Waals surface area contributed by atoms with Crippen LogP contribution in [0.4, 0.5) is 20.6 Å². The smallest absolute Gasteiger partial charge is 0.421 e. The van der Waals surface area contributed by atoms with Gasteiger partial charge in [0.05, 0.1) is 16.4 Å². The number of amides is 1. The van der Waals surface area contributed by atoms with E-state index in [2.05, 4.69) is 0 Å². The summed E-state index contributed by atoms with van der Waals surface area (Å²) in [5, 5.41) is 0.604. The number of nitrogens with zero attached hydrogens (tertiary/aromatic N) is 1. The molecular weight excluding hydrogens is 520 g/mol. The third kappa shape index (κ3) is 7.08. The Morgan fingerprint density at radius 1 is 0.892 bits per heavy atom. The molecule has 0 bridgehead atoms. The molecule has 0 saturated heterocycles. The zero-order chi connectivity index (χ0) is 27.3.